The number of nitrogens with zero attached hydrogens (tertiary/aromatic N) is 1. The summed E-state index contributed by atoms with van der Waals surface area (Å²) in [4.78, 5) is 4.98. The van der Waals surface area contributed by atoms with Crippen molar-refractivity contribution < 1.29 is 5.11 Å². The van der Waals surface area contributed by atoms with Crippen LogP contribution in [0.2, 0.25) is 0 Å². The second-order valence-corrected chi connectivity index (χ2v) is 11.0. The SMILES string of the molecule is Cc1cc(C=NC2CC3CCC2C3)c(O)c(C23CC4CC(CC(C4)C2)C3)c1. The van der Waals surface area contributed by atoms with E-state index in [2.05, 4.69) is 19.1 Å². The Morgan fingerprint density at radius 3 is 2.22 bits per heavy atom. The summed E-state index contributed by atoms with van der Waals surface area (Å²) < 4.78 is 0. The van der Waals surface area contributed by atoms with Gasteiger partial charge in [-0.05, 0) is 111 Å². The molecule has 0 amide bonds. The van der Waals surface area contributed by atoms with Gasteiger partial charge < -0.3 is 5.11 Å². The van der Waals surface area contributed by atoms with Crippen LogP contribution in [0.15, 0.2) is 17.1 Å². The Morgan fingerprint density at radius 2 is 1.63 bits per heavy atom. The highest BCUT2D eigenvalue weighted by Gasteiger charge is 2.52. The van der Waals surface area contributed by atoms with E-state index in [1.165, 1.54) is 75.3 Å². The Hall–Kier alpha value is -1.31. The zero-order valence-electron chi connectivity index (χ0n) is 16.7. The molecule has 1 N–H and O–H groups in total. The molecule has 0 heterocycles. The first-order valence-corrected chi connectivity index (χ1v) is 11.5. The molecule has 0 radical (unpaired) electrons. The average molecular weight is 364 g/mol. The van der Waals surface area contributed by atoms with Crippen molar-refractivity contribution in [2.75, 3.05) is 0 Å². The maximum Gasteiger partial charge on any atom is 0.128 e. The molecule has 6 bridgehead atoms. The maximum atomic E-state index is 11.3. The van der Waals surface area contributed by atoms with Gasteiger partial charge in [-0.2, -0.15) is 0 Å². The van der Waals surface area contributed by atoms with Crippen LogP contribution in [0.5, 0.6) is 5.75 Å². The minimum absolute atomic E-state index is 0.250. The number of hydrogen-bond acceptors (Lipinski definition) is 2. The van der Waals surface area contributed by atoms with Gasteiger partial charge in [0.25, 0.3) is 0 Å². The van der Waals surface area contributed by atoms with Gasteiger partial charge in [0.1, 0.15) is 5.75 Å². The Labute approximate surface area is 163 Å². The molecule has 7 rings (SSSR count). The molecule has 6 aliphatic rings. The van der Waals surface area contributed by atoms with E-state index < -0.39 is 0 Å². The second-order valence-electron chi connectivity index (χ2n) is 11.0. The zero-order valence-corrected chi connectivity index (χ0v) is 16.7. The first-order chi connectivity index (χ1) is 13.1. The van der Waals surface area contributed by atoms with Crippen LogP contribution in [0.4, 0.5) is 0 Å². The molecule has 1 aromatic carbocycles. The highest BCUT2D eigenvalue weighted by Crippen LogP contribution is 2.62. The van der Waals surface area contributed by atoms with Crippen LogP contribution in [0.1, 0.15) is 80.9 Å². The van der Waals surface area contributed by atoms with Gasteiger partial charge in [-0.15, -0.1) is 0 Å². The number of fused-ring (bicyclic) bond motifs is 2. The fourth-order valence-electron chi connectivity index (χ4n) is 8.32. The number of rotatable bonds is 3. The third-order valence-corrected chi connectivity index (χ3v) is 9.00. The molecule has 6 fully saturated rings. The molecule has 0 spiro atoms. The molecule has 6 saturated carbocycles. The summed E-state index contributed by atoms with van der Waals surface area (Å²) >= 11 is 0. The van der Waals surface area contributed by atoms with Crippen LogP contribution in [-0.4, -0.2) is 17.4 Å². The average Bonchev–Trinajstić information content (AvgIpc) is 3.24. The van der Waals surface area contributed by atoms with Gasteiger partial charge in [-0.3, -0.25) is 4.99 Å². The lowest BCUT2D eigenvalue weighted by Gasteiger charge is -2.57. The van der Waals surface area contributed by atoms with Crippen molar-refractivity contribution in [3.05, 3.63) is 28.8 Å². The summed E-state index contributed by atoms with van der Waals surface area (Å²) in [5.41, 5.74) is 3.77. The molecular weight excluding hydrogens is 330 g/mol. The number of benzene rings is 1. The molecular formula is C25H33NO. The monoisotopic (exact) mass is 363 g/mol. The van der Waals surface area contributed by atoms with Crippen molar-refractivity contribution >= 4 is 6.21 Å². The van der Waals surface area contributed by atoms with Crippen LogP contribution in [0.25, 0.3) is 0 Å². The number of hydrogen-bond donors (Lipinski definition) is 1. The van der Waals surface area contributed by atoms with Crippen molar-refractivity contribution in [3.63, 3.8) is 0 Å². The third kappa shape index (κ3) is 2.62. The van der Waals surface area contributed by atoms with Crippen LogP contribution < -0.4 is 0 Å². The van der Waals surface area contributed by atoms with E-state index >= 15 is 0 Å². The van der Waals surface area contributed by atoms with E-state index in [0.29, 0.717) is 11.8 Å². The Kier molecular flexibility index (Phi) is 3.60. The highest BCUT2D eigenvalue weighted by atomic mass is 16.3. The largest absolute Gasteiger partial charge is 0.507 e. The summed E-state index contributed by atoms with van der Waals surface area (Å²) in [6.07, 6.45) is 15.7. The summed E-state index contributed by atoms with van der Waals surface area (Å²) in [5, 5.41) is 11.3. The molecule has 1 aromatic rings. The van der Waals surface area contributed by atoms with Crippen molar-refractivity contribution in [1.29, 1.82) is 0 Å². The molecule has 6 aliphatic carbocycles. The standard InChI is InChI=1S/C25H33NO/c1-15-4-21(14-26-23-10-16-2-3-20(23)9-16)24(27)22(5-15)25-11-17-6-18(12-25)8-19(7-17)13-25/h4-5,14,16-20,23,27H,2-3,6-13H2,1H3. The van der Waals surface area contributed by atoms with Gasteiger partial charge in [0.15, 0.2) is 0 Å². The summed E-state index contributed by atoms with van der Waals surface area (Å²) in [5.74, 6) is 4.99. The lowest BCUT2D eigenvalue weighted by molar-refractivity contribution is -0.00616. The molecule has 27 heavy (non-hydrogen) atoms. The van der Waals surface area contributed by atoms with Crippen LogP contribution in [0.3, 0.4) is 0 Å². The summed E-state index contributed by atoms with van der Waals surface area (Å²) in [6, 6.07) is 4.96. The number of phenols is 1. The minimum atomic E-state index is 0.250. The van der Waals surface area contributed by atoms with Crippen LogP contribution in [-0.2, 0) is 5.41 Å². The Bertz CT molecular complexity index is 758. The first kappa shape index (κ1) is 16.6. The van der Waals surface area contributed by atoms with Gasteiger partial charge >= 0.3 is 0 Å². The molecule has 0 saturated heterocycles. The topological polar surface area (TPSA) is 32.6 Å². The highest BCUT2D eigenvalue weighted by molar-refractivity contribution is 5.85. The quantitative estimate of drug-likeness (QED) is 0.679. The van der Waals surface area contributed by atoms with Gasteiger partial charge in [0.05, 0.1) is 6.04 Å². The summed E-state index contributed by atoms with van der Waals surface area (Å²) in [7, 11) is 0. The third-order valence-electron chi connectivity index (χ3n) is 9.00. The molecule has 2 nitrogen and oxygen atoms in total. The Morgan fingerprint density at radius 1 is 0.926 bits per heavy atom. The van der Waals surface area contributed by atoms with E-state index in [4.69, 9.17) is 4.99 Å². The fourth-order valence-corrected chi connectivity index (χ4v) is 8.32. The van der Waals surface area contributed by atoms with Gasteiger partial charge in [0.2, 0.25) is 0 Å². The van der Waals surface area contributed by atoms with Crippen molar-refractivity contribution in [1.82, 2.24) is 0 Å². The van der Waals surface area contributed by atoms with Crippen molar-refractivity contribution in [2.45, 2.75) is 82.6 Å². The second kappa shape index (κ2) is 5.84. The predicted molar refractivity (Wildman–Crippen MR) is 110 cm³/mol. The van der Waals surface area contributed by atoms with E-state index in [0.717, 1.165) is 35.2 Å². The summed E-state index contributed by atoms with van der Waals surface area (Å²) in [6.45, 7) is 2.19. The van der Waals surface area contributed by atoms with E-state index in [1.54, 1.807) is 0 Å². The number of aliphatic imine (C=N–C) groups is 1. The van der Waals surface area contributed by atoms with Crippen LogP contribution in [0, 0.1) is 36.5 Å². The normalized spacial score (nSPS) is 44.6. The van der Waals surface area contributed by atoms with E-state index in [-0.39, 0.29) is 5.41 Å². The van der Waals surface area contributed by atoms with Crippen molar-refractivity contribution in [3.8, 4) is 5.75 Å². The predicted octanol–water partition coefficient (Wildman–Crippen LogP) is 5.78. The van der Waals surface area contributed by atoms with Crippen LogP contribution >= 0.6 is 0 Å². The number of phenolic OH excluding ortho intramolecular Hbond substituents is 1. The number of aryl methyl sites for hydroxylation is 1. The lowest BCUT2D eigenvalue weighted by atomic mass is 9.48. The minimum Gasteiger partial charge on any atom is -0.507 e. The van der Waals surface area contributed by atoms with Gasteiger partial charge in [-0.1, -0.05) is 12.5 Å². The molecule has 144 valence electrons. The first-order valence-electron chi connectivity index (χ1n) is 11.5. The molecule has 0 aliphatic heterocycles. The molecule has 3 atom stereocenters. The van der Waals surface area contributed by atoms with Gasteiger partial charge in [-0.25, -0.2) is 0 Å². The fraction of sp³-hybridized carbons (Fsp3) is 0.720. The molecule has 3 unspecified atom stereocenters. The van der Waals surface area contributed by atoms with E-state index in [9.17, 15) is 5.11 Å². The zero-order chi connectivity index (χ0) is 18.2. The van der Waals surface area contributed by atoms with E-state index in [1.807, 2.05) is 6.21 Å². The van der Waals surface area contributed by atoms with Gasteiger partial charge in [0, 0.05) is 17.3 Å². The Balaban J connectivity index is 1.34. The maximum absolute atomic E-state index is 11.3. The lowest BCUT2D eigenvalue weighted by Crippen LogP contribution is -2.48. The number of aromatic hydroxyl groups is 1. The molecule has 0 aromatic heterocycles. The molecule has 2 heteroatoms. The smallest absolute Gasteiger partial charge is 0.128 e. The van der Waals surface area contributed by atoms with Crippen molar-refractivity contribution in [2.24, 2.45) is 34.6 Å².